The van der Waals surface area contributed by atoms with Gasteiger partial charge in [0.1, 0.15) is 0 Å². The van der Waals surface area contributed by atoms with E-state index in [1.165, 1.54) is 86.7 Å². The van der Waals surface area contributed by atoms with Gasteiger partial charge in [0.05, 0.1) is 4.75 Å². The van der Waals surface area contributed by atoms with E-state index < -0.39 is 0 Å². The molecule has 0 aliphatic rings. The van der Waals surface area contributed by atoms with Crippen LogP contribution in [-0.2, 0) is 4.75 Å². The van der Waals surface area contributed by atoms with Crippen molar-refractivity contribution in [3.8, 4) is 0 Å². The first-order valence-corrected chi connectivity index (χ1v) is 13.7. The molecule has 0 aromatic heterocycles. The summed E-state index contributed by atoms with van der Waals surface area (Å²) in [6.07, 6.45) is 13.8. The van der Waals surface area contributed by atoms with Crippen LogP contribution in [-0.4, -0.2) is 5.75 Å². The van der Waals surface area contributed by atoms with Crippen molar-refractivity contribution >= 4 is 11.8 Å². The molecule has 0 saturated heterocycles. The Labute approximate surface area is 200 Å². The van der Waals surface area contributed by atoms with Crippen molar-refractivity contribution in [2.75, 3.05) is 5.75 Å². The molecule has 0 radical (unpaired) electrons. The number of hydrogen-bond acceptors (Lipinski definition) is 1. The third kappa shape index (κ3) is 7.01. The highest BCUT2D eigenvalue weighted by Gasteiger charge is 2.36. The summed E-state index contributed by atoms with van der Waals surface area (Å²) in [5, 5.41) is 0. The largest absolute Gasteiger partial charge is 0.141 e. The highest BCUT2D eigenvalue weighted by molar-refractivity contribution is 8.00. The van der Waals surface area contributed by atoms with E-state index in [2.05, 4.69) is 110 Å². The summed E-state index contributed by atoms with van der Waals surface area (Å²) in [6, 6.07) is 33.2. The van der Waals surface area contributed by atoms with Crippen LogP contribution >= 0.6 is 11.8 Å². The summed E-state index contributed by atoms with van der Waals surface area (Å²) in [7, 11) is 0. The third-order valence-electron chi connectivity index (χ3n) is 6.36. The number of unbranched alkanes of at least 4 members (excludes halogenated alkanes) is 9. The quantitative estimate of drug-likeness (QED) is 0.166. The van der Waals surface area contributed by atoms with Crippen molar-refractivity contribution in [2.24, 2.45) is 0 Å². The van der Waals surface area contributed by atoms with E-state index in [4.69, 9.17) is 0 Å². The van der Waals surface area contributed by atoms with Crippen LogP contribution in [0.1, 0.15) is 87.8 Å². The Morgan fingerprint density at radius 3 is 1.19 bits per heavy atom. The molecular weight excluding hydrogens is 404 g/mol. The van der Waals surface area contributed by atoms with Gasteiger partial charge in [0.2, 0.25) is 0 Å². The monoisotopic (exact) mass is 444 g/mol. The fourth-order valence-electron chi connectivity index (χ4n) is 4.58. The molecule has 0 N–H and O–H groups in total. The van der Waals surface area contributed by atoms with Crippen LogP contribution in [0.2, 0.25) is 0 Å². The zero-order chi connectivity index (χ0) is 22.3. The lowest BCUT2D eigenvalue weighted by Crippen LogP contribution is -2.26. The molecule has 0 nitrogen and oxygen atoms in total. The molecule has 0 spiro atoms. The topological polar surface area (TPSA) is 0 Å². The molecule has 3 rings (SSSR count). The minimum absolute atomic E-state index is 0.164. The number of rotatable bonds is 15. The van der Waals surface area contributed by atoms with Gasteiger partial charge in [-0.05, 0) is 28.9 Å². The fraction of sp³-hybridized carbons (Fsp3) is 0.419. The highest BCUT2D eigenvalue weighted by atomic mass is 32.2. The second-order valence-electron chi connectivity index (χ2n) is 8.81. The van der Waals surface area contributed by atoms with Crippen molar-refractivity contribution in [2.45, 2.75) is 75.9 Å². The molecule has 0 atom stereocenters. The molecule has 0 bridgehead atoms. The van der Waals surface area contributed by atoms with Crippen molar-refractivity contribution in [3.63, 3.8) is 0 Å². The second kappa shape index (κ2) is 14.2. The molecule has 0 heterocycles. The molecule has 170 valence electrons. The Hall–Kier alpha value is -1.99. The first-order chi connectivity index (χ1) is 15.9. The molecule has 3 aromatic rings. The number of benzene rings is 3. The summed E-state index contributed by atoms with van der Waals surface area (Å²) < 4.78 is -0.164. The van der Waals surface area contributed by atoms with E-state index in [1.54, 1.807) is 0 Å². The van der Waals surface area contributed by atoms with Gasteiger partial charge in [-0.3, -0.25) is 0 Å². The Bertz CT molecular complexity index is 745. The van der Waals surface area contributed by atoms with Gasteiger partial charge in [-0.15, -0.1) is 11.8 Å². The normalized spacial score (nSPS) is 11.5. The first kappa shape index (κ1) is 24.6. The Kier molecular flexibility index (Phi) is 11.0. The van der Waals surface area contributed by atoms with Crippen LogP contribution < -0.4 is 0 Å². The van der Waals surface area contributed by atoms with Gasteiger partial charge in [-0.1, -0.05) is 156 Å². The van der Waals surface area contributed by atoms with Crippen LogP contribution in [0.5, 0.6) is 0 Å². The molecule has 1 heteroatoms. The molecule has 0 saturated carbocycles. The van der Waals surface area contributed by atoms with E-state index >= 15 is 0 Å². The predicted octanol–water partition coefficient (Wildman–Crippen LogP) is 9.63. The van der Waals surface area contributed by atoms with Crippen molar-refractivity contribution in [1.82, 2.24) is 0 Å². The SMILES string of the molecule is CCCCCCCCCCCCSC(c1ccccc1)(c1ccccc1)c1ccccc1. The van der Waals surface area contributed by atoms with E-state index in [1.807, 2.05) is 0 Å². The predicted molar refractivity (Wildman–Crippen MR) is 144 cm³/mol. The van der Waals surface area contributed by atoms with Crippen LogP contribution in [0.15, 0.2) is 91.0 Å². The fourth-order valence-corrected chi connectivity index (χ4v) is 6.15. The van der Waals surface area contributed by atoms with Gasteiger partial charge < -0.3 is 0 Å². The summed E-state index contributed by atoms with van der Waals surface area (Å²) in [5.41, 5.74) is 4.11. The van der Waals surface area contributed by atoms with Gasteiger partial charge in [-0.25, -0.2) is 0 Å². The van der Waals surface area contributed by atoms with Gasteiger partial charge in [0.15, 0.2) is 0 Å². The van der Waals surface area contributed by atoms with Crippen LogP contribution in [0, 0.1) is 0 Å². The molecule has 0 fully saturated rings. The summed E-state index contributed by atoms with van der Waals surface area (Å²) in [6.45, 7) is 2.29. The maximum atomic E-state index is 2.30. The maximum absolute atomic E-state index is 2.30. The first-order valence-electron chi connectivity index (χ1n) is 12.7. The number of hydrogen-bond donors (Lipinski definition) is 0. The summed E-state index contributed by atoms with van der Waals surface area (Å²) >= 11 is 2.11. The average Bonchev–Trinajstić information content (AvgIpc) is 2.87. The molecule has 0 unspecified atom stereocenters. The maximum Gasteiger partial charge on any atom is 0.0906 e. The van der Waals surface area contributed by atoms with Gasteiger partial charge in [0.25, 0.3) is 0 Å². The Morgan fingerprint density at radius 2 is 0.812 bits per heavy atom. The van der Waals surface area contributed by atoms with E-state index in [0.717, 1.165) is 0 Å². The van der Waals surface area contributed by atoms with Crippen molar-refractivity contribution in [3.05, 3.63) is 108 Å². The third-order valence-corrected chi connectivity index (χ3v) is 7.99. The van der Waals surface area contributed by atoms with Gasteiger partial charge in [0, 0.05) is 0 Å². The van der Waals surface area contributed by atoms with E-state index in [0.29, 0.717) is 0 Å². The van der Waals surface area contributed by atoms with Crippen molar-refractivity contribution in [1.29, 1.82) is 0 Å². The van der Waals surface area contributed by atoms with Crippen molar-refractivity contribution < 1.29 is 0 Å². The minimum Gasteiger partial charge on any atom is -0.141 e. The number of thioether (sulfide) groups is 1. The Morgan fingerprint density at radius 1 is 0.469 bits per heavy atom. The molecule has 3 aromatic carbocycles. The zero-order valence-electron chi connectivity index (χ0n) is 19.8. The smallest absolute Gasteiger partial charge is 0.0906 e. The molecule has 0 aliphatic carbocycles. The van der Waals surface area contributed by atoms with E-state index in [-0.39, 0.29) is 4.75 Å². The summed E-state index contributed by atoms with van der Waals surface area (Å²) in [5.74, 6) is 1.18. The van der Waals surface area contributed by atoms with Gasteiger partial charge >= 0.3 is 0 Å². The minimum atomic E-state index is -0.164. The zero-order valence-corrected chi connectivity index (χ0v) is 20.7. The lowest BCUT2D eigenvalue weighted by Gasteiger charge is -2.35. The van der Waals surface area contributed by atoms with Crippen LogP contribution in [0.25, 0.3) is 0 Å². The molecule has 0 aliphatic heterocycles. The standard InChI is InChI=1S/C31H40S/c1-2-3-4-5-6-7-8-9-10-20-27-32-31(28-21-14-11-15-22-28,29-23-16-12-17-24-29)30-25-18-13-19-26-30/h11-19,21-26H,2-10,20,27H2,1H3. The summed E-state index contributed by atoms with van der Waals surface area (Å²) in [4.78, 5) is 0. The van der Waals surface area contributed by atoms with E-state index in [9.17, 15) is 0 Å². The second-order valence-corrected chi connectivity index (χ2v) is 10.1. The van der Waals surface area contributed by atoms with Crippen LogP contribution in [0.3, 0.4) is 0 Å². The average molecular weight is 445 g/mol. The van der Waals surface area contributed by atoms with Crippen LogP contribution in [0.4, 0.5) is 0 Å². The highest BCUT2D eigenvalue weighted by Crippen LogP contribution is 2.48. The van der Waals surface area contributed by atoms with Gasteiger partial charge in [-0.2, -0.15) is 0 Å². The lowest BCUT2D eigenvalue weighted by molar-refractivity contribution is 0.563. The Balaban J connectivity index is 1.64. The molecular formula is C31H40S. The molecule has 32 heavy (non-hydrogen) atoms. The molecule has 0 amide bonds. The lowest BCUT2D eigenvalue weighted by atomic mass is 9.84.